The molecule has 0 aromatic heterocycles. The zero-order chi connectivity index (χ0) is 17.8. The molecule has 1 saturated heterocycles. The van der Waals surface area contributed by atoms with Crippen molar-refractivity contribution in [1.82, 2.24) is 4.90 Å². The molecule has 25 heavy (non-hydrogen) atoms. The second-order valence-electron chi connectivity index (χ2n) is 5.86. The number of methoxy groups -OCH3 is 1. The van der Waals surface area contributed by atoms with Crippen molar-refractivity contribution in [2.45, 2.75) is 19.4 Å². The van der Waals surface area contributed by atoms with Crippen LogP contribution in [0.4, 0.5) is 0 Å². The summed E-state index contributed by atoms with van der Waals surface area (Å²) in [7, 11) is 1.63. The van der Waals surface area contributed by atoms with Crippen LogP contribution in [0.2, 0.25) is 5.02 Å². The Morgan fingerprint density at radius 1 is 1.20 bits per heavy atom. The zero-order valence-corrected chi connectivity index (χ0v) is 17.1. The molecule has 2 aromatic rings. The van der Waals surface area contributed by atoms with Gasteiger partial charge in [0.2, 0.25) is 0 Å². The van der Waals surface area contributed by atoms with Gasteiger partial charge in [-0.25, -0.2) is 0 Å². The Kier molecular flexibility index (Phi) is 6.20. The molecular weight excluding hydrogens is 422 g/mol. The fourth-order valence-corrected chi connectivity index (χ4v) is 4.02. The highest BCUT2D eigenvalue weighted by molar-refractivity contribution is 9.10. The number of benzene rings is 2. The second-order valence-corrected chi connectivity index (χ2v) is 7.51. The van der Waals surface area contributed by atoms with Gasteiger partial charge in [0.15, 0.2) is 11.5 Å². The van der Waals surface area contributed by atoms with Gasteiger partial charge in [-0.15, -0.1) is 0 Å². The van der Waals surface area contributed by atoms with Crippen LogP contribution in [0.3, 0.4) is 0 Å². The van der Waals surface area contributed by atoms with Gasteiger partial charge in [-0.05, 0) is 47.0 Å². The van der Waals surface area contributed by atoms with E-state index in [9.17, 15) is 0 Å². The average molecular weight is 441 g/mol. The van der Waals surface area contributed by atoms with Crippen LogP contribution in [0.25, 0.3) is 0 Å². The van der Waals surface area contributed by atoms with Crippen LogP contribution in [-0.4, -0.2) is 30.1 Å². The Morgan fingerprint density at radius 2 is 1.92 bits per heavy atom. The molecule has 1 fully saturated rings. The van der Waals surface area contributed by atoms with Gasteiger partial charge in [0.05, 0.1) is 7.11 Å². The van der Waals surface area contributed by atoms with Gasteiger partial charge in [-0.3, -0.25) is 0 Å². The minimum Gasteiger partial charge on any atom is -0.493 e. The Bertz CT molecular complexity index is 778. The van der Waals surface area contributed by atoms with Crippen LogP contribution in [0.1, 0.15) is 24.0 Å². The molecule has 0 bridgehead atoms. The van der Waals surface area contributed by atoms with Crippen LogP contribution in [-0.2, 0) is 6.61 Å². The summed E-state index contributed by atoms with van der Waals surface area (Å²) < 4.78 is 12.4. The molecule has 0 N–H and O–H groups in total. The highest BCUT2D eigenvalue weighted by Gasteiger charge is 2.20. The van der Waals surface area contributed by atoms with E-state index in [1.165, 1.54) is 12.8 Å². The average Bonchev–Trinajstić information content (AvgIpc) is 3.15. The Balaban J connectivity index is 1.82. The largest absolute Gasteiger partial charge is 0.493 e. The Hall–Kier alpha value is -1.30. The van der Waals surface area contributed by atoms with Crippen LogP contribution in [0, 0.1) is 0 Å². The van der Waals surface area contributed by atoms with Gasteiger partial charge < -0.3 is 14.4 Å². The smallest absolute Gasteiger partial charge is 0.162 e. The molecule has 1 aliphatic rings. The summed E-state index contributed by atoms with van der Waals surface area (Å²) in [6.07, 6.45) is 2.38. The maximum Gasteiger partial charge on any atom is 0.162 e. The van der Waals surface area contributed by atoms with E-state index in [1.54, 1.807) is 7.11 Å². The van der Waals surface area contributed by atoms with Gasteiger partial charge in [0, 0.05) is 33.7 Å². The number of hydrogen-bond acceptors (Lipinski definition) is 3. The summed E-state index contributed by atoms with van der Waals surface area (Å²) in [6, 6.07) is 11.5. The van der Waals surface area contributed by atoms with Crippen molar-refractivity contribution in [1.29, 1.82) is 0 Å². The fourth-order valence-electron chi connectivity index (χ4n) is 2.83. The van der Waals surface area contributed by atoms with Gasteiger partial charge in [0.25, 0.3) is 0 Å². The summed E-state index contributed by atoms with van der Waals surface area (Å²) in [5.74, 6) is 1.31. The highest BCUT2D eigenvalue weighted by atomic mass is 79.9. The molecule has 0 atom stereocenters. The molecule has 1 heterocycles. The summed E-state index contributed by atoms with van der Waals surface area (Å²) in [5.41, 5.74) is 1.89. The molecule has 0 spiro atoms. The van der Waals surface area contributed by atoms with E-state index in [4.69, 9.17) is 33.3 Å². The predicted molar refractivity (Wildman–Crippen MR) is 109 cm³/mol. The quantitative estimate of drug-likeness (QED) is 0.575. The molecule has 6 heteroatoms. The lowest BCUT2D eigenvalue weighted by atomic mass is 10.2. The van der Waals surface area contributed by atoms with E-state index in [1.807, 2.05) is 36.4 Å². The first-order valence-electron chi connectivity index (χ1n) is 8.13. The van der Waals surface area contributed by atoms with Gasteiger partial charge in [-0.2, -0.15) is 0 Å². The third-order valence-electron chi connectivity index (χ3n) is 4.22. The molecule has 0 aliphatic carbocycles. The standard InChI is InChI=1S/C19H19BrClNO2S/c1-23-17-10-14(19(25)22-8-4-5-9-22)15(20)11-18(17)24-12-13-6-2-3-7-16(13)21/h2-3,6-7,10-11H,4-5,8-9,12H2,1H3. The van der Waals surface area contributed by atoms with Gasteiger partial charge in [-0.1, -0.05) is 42.0 Å². The number of nitrogens with zero attached hydrogens (tertiary/aromatic N) is 1. The van der Waals surface area contributed by atoms with Gasteiger partial charge >= 0.3 is 0 Å². The molecule has 3 rings (SSSR count). The molecule has 1 aliphatic heterocycles. The highest BCUT2D eigenvalue weighted by Crippen LogP contribution is 2.35. The lowest BCUT2D eigenvalue weighted by molar-refractivity contribution is 0.284. The minimum absolute atomic E-state index is 0.373. The van der Waals surface area contributed by atoms with Crippen molar-refractivity contribution in [3.63, 3.8) is 0 Å². The first-order chi connectivity index (χ1) is 12.1. The number of ether oxygens (including phenoxy) is 2. The lowest BCUT2D eigenvalue weighted by Gasteiger charge is -2.21. The van der Waals surface area contributed by atoms with E-state index in [2.05, 4.69) is 20.8 Å². The number of rotatable bonds is 5. The fraction of sp³-hybridized carbons (Fsp3) is 0.316. The van der Waals surface area contributed by atoms with Crippen molar-refractivity contribution in [3.8, 4) is 11.5 Å². The van der Waals surface area contributed by atoms with Crippen LogP contribution in [0.15, 0.2) is 40.9 Å². The molecule has 0 unspecified atom stereocenters. The molecule has 2 aromatic carbocycles. The third-order valence-corrected chi connectivity index (χ3v) is 5.72. The van der Waals surface area contributed by atoms with Crippen molar-refractivity contribution in [2.75, 3.05) is 20.2 Å². The summed E-state index contributed by atoms with van der Waals surface area (Å²) in [5, 5.41) is 0.687. The number of hydrogen-bond donors (Lipinski definition) is 0. The maximum absolute atomic E-state index is 6.19. The maximum atomic E-state index is 6.19. The van der Waals surface area contributed by atoms with Crippen LogP contribution in [0.5, 0.6) is 11.5 Å². The lowest BCUT2D eigenvalue weighted by Crippen LogP contribution is -2.27. The Morgan fingerprint density at radius 3 is 2.60 bits per heavy atom. The number of likely N-dealkylation sites (tertiary alicyclic amines) is 1. The van der Waals surface area contributed by atoms with Crippen molar-refractivity contribution in [3.05, 3.63) is 57.0 Å². The number of thiocarbonyl (C=S) groups is 1. The normalized spacial score (nSPS) is 13.8. The summed E-state index contributed by atoms with van der Waals surface area (Å²) in [6.45, 7) is 2.40. The van der Waals surface area contributed by atoms with Crippen LogP contribution < -0.4 is 9.47 Å². The van der Waals surface area contributed by atoms with Gasteiger partial charge in [0.1, 0.15) is 11.6 Å². The molecule has 0 radical (unpaired) electrons. The molecule has 0 amide bonds. The topological polar surface area (TPSA) is 21.7 Å². The van der Waals surface area contributed by atoms with Crippen molar-refractivity contribution >= 4 is 44.7 Å². The number of halogens is 2. The van der Waals surface area contributed by atoms with E-state index in [-0.39, 0.29) is 0 Å². The molecule has 0 saturated carbocycles. The third kappa shape index (κ3) is 4.27. The predicted octanol–water partition coefficient (Wildman–Crippen LogP) is 5.46. The van der Waals surface area contributed by atoms with Crippen LogP contribution >= 0.6 is 39.7 Å². The summed E-state index contributed by atoms with van der Waals surface area (Å²) >= 11 is 15.5. The monoisotopic (exact) mass is 439 g/mol. The second kappa shape index (κ2) is 8.39. The van der Waals surface area contributed by atoms with Crippen molar-refractivity contribution < 1.29 is 9.47 Å². The molecule has 3 nitrogen and oxygen atoms in total. The van der Waals surface area contributed by atoms with E-state index in [0.29, 0.717) is 23.1 Å². The van der Waals surface area contributed by atoms with E-state index >= 15 is 0 Å². The molecule has 132 valence electrons. The summed E-state index contributed by atoms with van der Waals surface area (Å²) in [4.78, 5) is 3.08. The van der Waals surface area contributed by atoms with E-state index < -0.39 is 0 Å². The first-order valence-corrected chi connectivity index (χ1v) is 9.71. The zero-order valence-electron chi connectivity index (χ0n) is 13.9. The SMILES string of the molecule is COc1cc(C(=S)N2CCCC2)c(Br)cc1OCc1ccccc1Cl. The van der Waals surface area contributed by atoms with E-state index in [0.717, 1.165) is 33.7 Å². The minimum atomic E-state index is 0.373. The first kappa shape index (κ1) is 18.5. The molecular formula is C19H19BrClNO2S. The Labute approximate surface area is 167 Å². The van der Waals surface area contributed by atoms with Crippen molar-refractivity contribution in [2.24, 2.45) is 0 Å².